The van der Waals surface area contributed by atoms with Gasteiger partial charge in [-0.05, 0) is 13.8 Å². The van der Waals surface area contributed by atoms with Crippen molar-refractivity contribution in [3.05, 3.63) is 0 Å². The quantitative estimate of drug-likeness (QED) is 0.0724. The van der Waals surface area contributed by atoms with Crippen LogP contribution in [0.2, 0.25) is 0 Å². The Hall–Kier alpha value is -1.16. The van der Waals surface area contributed by atoms with Gasteiger partial charge in [0.05, 0.1) is 44.7 Å². The Morgan fingerprint density at radius 1 is 0.333 bits per heavy atom. The summed E-state index contributed by atoms with van der Waals surface area (Å²) in [7, 11) is 1.16. The van der Waals surface area contributed by atoms with Gasteiger partial charge >= 0.3 is 0 Å². The molecule has 6 aliphatic rings. The zero-order chi connectivity index (χ0) is 48.6. The molecule has 0 aromatic heterocycles. The van der Waals surface area contributed by atoms with E-state index in [4.69, 9.17) is 62.6 Å². The summed E-state index contributed by atoms with van der Waals surface area (Å²) in [5.74, 6) is 0. The highest BCUT2D eigenvalue weighted by molar-refractivity contribution is 5.01. The van der Waals surface area contributed by atoms with Gasteiger partial charge in [-0.25, -0.2) is 0 Å². The van der Waals surface area contributed by atoms with Crippen LogP contribution in [0.1, 0.15) is 13.8 Å². The maximum atomic E-state index is 11.6. The minimum Gasteiger partial charge on any atom is -0.394 e. The highest BCUT2D eigenvalue weighted by atomic mass is 16.8. The van der Waals surface area contributed by atoms with E-state index < -0.39 is 211 Å². The lowest BCUT2D eigenvalue weighted by Gasteiger charge is -2.51. The molecule has 30 atom stereocenters. The maximum Gasteiger partial charge on any atom is 0.187 e. The third kappa shape index (κ3) is 10.8. The van der Waals surface area contributed by atoms with Crippen LogP contribution >= 0.6 is 0 Å². The monoisotopic (exact) mass is 971 g/mol. The van der Waals surface area contributed by atoms with Gasteiger partial charge in [0.2, 0.25) is 0 Å². The molecular formula is C37H65NO28. The summed E-state index contributed by atoms with van der Waals surface area (Å²) < 4.78 is 69.0. The minimum absolute atomic E-state index is 0.799. The molecule has 6 fully saturated rings. The van der Waals surface area contributed by atoms with Crippen molar-refractivity contribution in [1.82, 2.24) is 0 Å². The van der Waals surface area contributed by atoms with Gasteiger partial charge in [-0.2, -0.15) is 0 Å². The molecule has 0 aromatic rings. The second-order valence-corrected chi connectivity index (χ2v) is 17.0. The fraction of sp³-hybridized carbons (Fsp3) is 1.00. The number of hydrogen-bond acceptors (Lipinski definition) is 29. The Balaban J connectivity index is 1.32. The number of methoxy groups -OCH3 is 1. The average Bonchev–Trinajstić information content (AvgIpc) is 3.30. The van der Waals surface area contributed by atoms with Crippen LogP contribution in [0.4, 0.5) is 0 Å². The minimum atomic E-state index is -2.09. The predicted molar refractivity (Wildman–Crippen MR) is 203 cm³/mol. The van der Waals surface area contributed by atoms with Crippen LogP contribution in [0.5, 0.6) is 0 Å². The first kappa shape index (κ1) is 54.2. The van der Waals surface area contributed by atoms with Gasteiger partial charge in [0.15, 0.2) is 37.7 Å². The summed E-state index contributed by atoms with van der Waals surface area (Å²) in [6.45, 7) is -1.02. The molecule has 29 nitrogen and oxygen atoms in total. The van der Waals surface area contributed by atoms with E-state index in [0.717, 1.165) is 7.11 Å². The Morgan fingerprint density at radius 3 is 1.24 bits per heavy atom. The Labute approximate surface area is 375 Å². The van der Waals surface area contributed by atoms with Crippen LogP contribution in [0.3, 0.4) is 0 Å². The number of aliphatic hydroxyl groups is 16. The fourth-order valence-electron chi connectivity index (χ4n) is 8.61. The lowest BCUT2D eigenvalue weighted by molar-refractivity contribution is -0.399. The molecule has 6 aliphatic heterocycles. The van der Waals surface area contributed by atoms with E-state index in [-0.39, 0.29) is 0 Å². The number of nitrogens with two attached hydrogens (primary N) is 1. The molecule has 0 saturated carbocycles. The molecule has 0 radical (unpaired) electrons. The highest BCUT2D eigenvalue weighted by Gasteiger charge is 2.58. The second-order valence-electron chi connectivity index (χ2n) is 17.0. The van der Waals surface area contributed by atoms with Crippen LogP contribution in [-0.4, -0.2) is 299 Å². The van der Waals surface area contributed by atoms with Crippen molar-refractivity contribution in [2.75, 3.05) is 33.5 Å². The van der Waals surface area contributed by atoms with E-state index in [1.807, 2.05) is 0 Å². The van der Waals surface area contributed by atoms with E-state index in [9.17, 15) is 81.7 Å². The first-order chi connectivity index (χ1) is 31.2. The first-order valence-electron chi connectivity index (χ1n) is 21.3. The molecule has 0 amide bonds. The molecule has 0 aromatic carbocycles. The Kier molecular flexibility index (Phi) is 18.8. The molecule has 6 rings (SSSR count). The van der Waals surface area contributed by atoms with Crippen molar-refractivity contribution >= 4 is 0 Å². The molecule has 12 unspecified atom stereocenters. The zero-order valence-corrected chi connectivity index (χ0v) is 35.8. The molecule has 0 bridgehead atoms. The third-order valence-electron chi connectivity index (χ3n) is 12.6. The van der Waals surface area contributed by atoms with Crippen molar-refractivity contribution in [2.24, 2.45) is 5.73 Å². The third-order valence-corrected chi connectivity index (χ3v) is 12.6. The Morgan fingerprint density at radius 2 is 0.712 bits per heavy atom. The van der Waals surface area contributed by atoms with Gasteiger partial charge in [0.25, 0.3) is 0 Å². The largest absolute Gasteiger partial charge is 0.394 e. The lowest BCUT2D eigenvalue weighted by Crippen LogP contribution is -2.70. The summed E-state index contributed by atoms with van der Waals surface area (Å²) in [4.78, 5) is 0. The van der Waals surface area contributed by atoms with Gasteiger partial charge < -0.3 is 144 Å². The molecule has 0 spiro atoms. The fourth-order valence-corrected chi connectivity index (χ4v) is 8.61. The van der Waals surface area contributed by atoms with Crippen LogP contribution in [-0.2, 0) is 56.8 Å². The van der Waals surface area contributed by atoms with Gasteiger partial charge in [-0.1, -0.05) is 0 Å². The molecule has 6 heterocycles. The van der Waals surface area contributed by atoms with E-state index in [2.05, 4.69) is 0 Å². The van der Waals surface area contributed by atoms with Crippen LogP contribution in [0.25, 0.3) is 0 Å². The zero-order valence-electron chi connectivity index (χ0n) is 35.8. The normalized spacial score (nSPS) is 54.0. The summed E-state index contributed by atoms with van der Waals surface area (Å²) in [6, 6.07) is -1.79. The molecule has 29 heteroatoms. The van der Waals surface area contributed by atoms with Crippen LogP contribution in [0.15, 0.2) is 0 Å². The van der Waals surface area contributed by atoms with E-state index in [1.165, 1.54) is 13.8 Å². The lowest BCUT2D eigenvalue weighted by atomic mass is 9.94. The maximum absolute atomic E-state index is 11.6. The van der Waals surface area contributed by atoms with Crippen molar-refractivity contribution < 1.29 is 139 Å². The number of hydrogen-bond donors (Lipinski definition) is 17. The van der Waals surface area contributed by atoms with Gasteiger partial charge in [0, 0.05) is 7.11 Å². The van der Waals surface area contributed by atoms with Crippen LogP contribution in [0, 0.1) is 0 Å². The molecule has 66 heavy (non-hydrogen) atoms. The Bertz CT molecular complexity index is 1500. The van der Waals surface area contributed by atoms with Crippen molar-refractivity contribution in [2.45, 2.75) is 198 Å². The van der Waals surface area contributed by atoms with Gasteiger partial charge in [0.1, 0.15) is 128 Å². The summed E-state index contributed by atoms with van der Waals surface area (Å²) in [6.07, 6.45) is -51.0. The summed E-state index contributed by atoms with van der Waals surface area (Å²) in [5, 5.41) is 171. The van der Waals surface area contributed by atoms with Crippen molar-refractivity contribution in [1.29, 1.82) is 0 Å². The number of rotatable bonds is 15. The number of aliphatic hydroxyl groups excluding tert-OH is 16. The van der Waals surface area contributed by atoms with E-state index in [0.29, 0.717) is 0 Å². The first-order valence-corrected chi connectivity index (χ1v) is 21.3. The number of ether oxygens (including phenoxy) is 12. The molecule has 0 aliphatic carbocycles. The smallest absolute Gasteiger partial charge is 0.187 e. The van der Waals surface area contributed by atoms with E-state index in [1.54, 1.807) is 0 Å². The molecule has 18 N–H and O–H groups in total. The summed E-state index contributed by atoms with van der Waals surface area (Å²) in [5.41, 5.74) is 6.75. The molecular weight excluding hydrogens is 906 g/mol. The van der Waals surface area contributed by atoms with Crippen molar-refractivity contribution in [3.63, 3.8) is 0 Å². The van der Waals surface area contributed by atoms with Gasteiger partial charge in [-0.15, -0.1) is 0 Å². The molecule has 386 valence electrons. The second kappa shape index (κ2) is 22.9. The van der Waals surface area contributed by atoms with Crippen molar-refractivity contribution in [3.8, 4) is 0 Å². The summed E-state index contributed by atoms with van der Waals surface area (Å²) >= 11 is 0. The van der Waals surface area contributed by atoms with E-state index >= 15 is 0 Å². The highest BCUT2D eigenvalue weighted by Crippen LogP contribution is 2.37. The molecule has 6 saturated heterocycles. The SMILES string of the molecule is COC1OC(CO)[C@H](O[C@@H]2OC(CO)[C@H](O)[C@H](O[C@@H]3OC(CO)[C@H](O[C@H]4O[C@@H](C)[C@@H](O)C(O)C4O)[C@H](O[C@@H]4OC(CO)[C@H](O)[C@H](O)C4O[C@@H]4OC(C)[C@H](O)[C@@H](O)C4O)C3N)C2O)[C@H](O)[C@H]1O. The van der Waals surface area contributed by atoms with Crippen LogP contribution < -0.4 is 5.73 Å². The van der Waals surface area contributed by atoms with Gasteiger partial charge in [-0.3, -0.25) is 0 Å². The predicted octanol–water partition coefficient (Wildman–Crippen LogP) is -11.4. The topological polar surface area (TPSA) is 460 Å². The average molecular weight is 972 g/mol. The standard InChI is InChI=1S/C37H65NO28/c1-8-15(43)19(47)23(51)34(56-8)63-28-13(7-42)60-32(65-30-18(46)11(5-40)58-36(26(30)54)62-27-12(6-41)61-33(55-3)25(53)22(27)50)14(38)29(28)64-37-31(21(49)17(45)10(4-39)59-37)66-35-24(52)20(48)16(44)9(2)57-35/h8-37,39-54H,4-7,38H2,1-3H3/t8-,9?,10?,11?,12?,13?,14?,15+,16-,17-,18-,19?,20+,21-,22+,23?,24?,25+,26?,27-,28-,29+,30-,31?,32-,33?,34+,35-,36-,37-/m0/s1.